The molecule has 5 heteroatoms. The zero-order valence-corrected chi connectivity index (χ0v) is 8.49. The third-order valence-electron chi connectivity index (χ3n) is 2.33. The van der Waals surface area contributed by atoms with Crippen molar-refractivity contribution in [3.8, 4) is 0 Å². The fourth-order valence-corrected chi connectivity index (χ4v) is 1.50. The minimum Gasteiger partial charge on any atom is -0.408 e. The zero-order chi connectivity index (χ0) is 10.8. The van der Waals surface area contributed by atoms with E-state index < -0.39 is 0 Å². The van der Waals surface area contributed by atoms with Crippen LogP contribution in [0.2, 0.25) is 0 Å². The third kappa shape index (κ3) is 1.79. The molecule has 1 aromatic carbocycles. The molecule has 5 nitrogen and oxygen atoms in total. The van der Waals surface area contributed by atoms with Gasteiger partial charge in [-0.3, -0.25) is 4.57 Å². The molecule has 1 heterocycles. The molecular weight excluding hydrogens is 194 g/mol. The maximum Gasteiger partial charge on any atom is 0.419 e. The first-order valence-corrected chi connectivity index (χ1v) is 4.71. The molecule has 15 heavy (non-hydrogen) atoms. The fourth-order valence-electron chi connectivity index (χ4n) is 1.50. The van der Waals surface area contributed by atoms with Crippen LogP contribution in [0.15, 0.2) is 27.4 Å². The number of oxazole rings is 1. The molecule has 80 valence electrons. The SMILES string of the molecule is Cn1c(=O)oc2cc(CNCN)ccc21. The summed E-state index contributed by atoms with van der Waals surface area (Å²) in [5.74, 6) is -0.339. The van der Waals surface area contributed by atoms with Gasteiger partial charge < -0.3 is 15.5 Å². The third-order valence-corrected chi connectivity index (χ3v) is 2.33. The molecular formula is C10H13N3O2. The van der Waals surface area contributed by atoms with E-state index in [-0.39, 0.29) is 5.76 Å². The maximum atomic E-state index is 11.2. The van der Waals surface area contributed by atoms with E-state index in [1.165, 1.54) is 4.57 Å². The summed E-state index contributed by atoms with van der Waals surface area (Å²) in [4.78, 5) is 11.2. The Labute approximate surface area is 86.5 Å². The van der Waals surface area contributed by atoms with Gasteiger partial charge in [-0.05, 0) is 17.7 Å². The van der Waals surface area contributed by atoms with Crippen molar-refractivity contribution in [1.29, 1.82) is 0 Å². The summed E-state index contributed by atoms with van der Waals surface area (Å²) in [5.41, 5.74) is 7.78. The number of hydrogen-bond donors (Lipinski definition) is 2. The number of nitrogens with zero attached hydrogens (tertiary/aromatic N) is 1. The van der Waals surface area contributed by atoms with E-state index in [0.29, 0.717) is 18.8 Å². The van der Waals surface area contributed by atoms with Gasteiger partial charge in [0.2, 0.25) is 0 Å². The van der Waals surface area contributed by atoms with Crippen LogP contribution in [-0.2, 0) is 13.6 Å². The van der Waals surface area contributed by atoms with E-state index >= 15 is 0 Å². The summed E-state index contributed by atoms with van der Waals surface area (Å²) in [6.07, 6.45) is 0. The van der Waals surface area contributed by atoms with Gasteiger partial charge in [0.1, 0.15) is 0 Å². The molecule has 2 aromatic rings. The van der Waals surface area contributed by atoms with Crippen molar-refractivity contribution in [3.05, 3.63) is 34.3 Å². The number of aromatic nitrogens is 1. The molecule has 0 aliphatic rings. The highest BCUT2D eigenvalue weighted by atomic mass is 16.4. The van der Waals surface area contributed by atoms with E-state index in [2.05, 4.69) is 5.32 Å². The lowest BCUT2D eigenvalue weighted by molar-refractivity contribution is 0.527. The zero-order valence-electron chi connectivity index (χ0n) is 8.49. The Kier molecular flexibility index (Phi) is 2.57. The molecule has 0 amide bonds. The van der Waals surface area contributed by atoms with Gasteiger partial charge in [0.05, 0.1) is 5.52 Å². The number of nitrogens with two attached hydrogens (primary N) is 1. The first-order chi connectivity index (χ1) is 7.22. The molecule has 0 fully saturated rings. The molecule has 3 N–H and O–H groups in total. The number of benzene rings is 1. The first kappa shape index (κ1) is 9.95. The van der Waals surface area contributed by atoms with Crippen LogP contribution in [-0.4, -0.2) is 11.2 Å². The number of rotatable bonds is 3. The van der Waals surface area contributed by atoms with Crippen molar-refractivity contribution in [3.63, 3.8) is 0 Å². The van der Waals surface area contributed by atoms with Gasteiger partial charge in [-0.15, -0.1) is 0 Å². The monoisotopic (exact) mass is 207 g/mol. The lowest BCUT2D eigenvalue weighted by Gasteiger charge is -2.01. The predicted molar refractivity (Wildman–Crippen MR) is 57.3 cm³/mol. The van der Waals surface area contributed by atoms with Crippen molar-refractivity contribution < 1.29 is 4.42 Å². The Morgan fingerprint density at radius 1 is 1.53 bits per heavy atom. The maximum absolute atomic E-state index is 11.2. The standard InChI is InChI=1S/C10H13N3O2/c1-13-8-3-2-7(5-12-6-11)4-9(8)15-10(13)14/h2-4,12H,5-6,11H2,1H3. The van der Waals surface area contributed by atoms with E-state index in [9.17, 15) is 4.79 Å². The molecule has 2 rings (SSSR count). The highest BCUT2D eigenvalue weighted by Crippen LogP contribution is 2.13. The van der Waals surface area contributed by atoms with E-state index in [4.69, 9.17) is 10.2 Å². The van der Waals surface area contributed by atoms with Gasteiger partial charge in [-0.2, -0.15) is 0 Å². The minimum atomic E-state index is -0.339. The van der Waals surface area contributed by atoms with Crippen LogP contribution in [0.1, 0.15) is 5.56 Å². The van der Waals surface area contributed by atoms with Gasteiger partial charge in [0.15, 0.2) is 5.58 Å². The van der Waals surface area contributed by atoms with Crippen LogP contribution >= 0.6 is 0 Å². The molecule has 0 aliphatic carbocycles. The van der Waals surface area contributed by atoms with E-state index in [0.717, 1.165) is 11.1 Å². The summed E-state index contributed by atoms with van der Waals surface area (Å²) in [5, 5.41) is 3.00. The molecule has 0 saturated heterocycles. The summed E-state index contributed by atoms with van der Waals surface area (Å²) in [7, 11) is 1.69. The Balaban J connectivity index is 2.43. The Hall–Kier alpha value is -1.59. The van der Waals surface area contributed by atoms with Crippen LogP contribution in [0.5, 0.6) is 0 Å². The number of nitrogens with one attached hydrogen (secondary N) is 1. The fraction of sp³-hybridized carbons (Fsp3) is 0.300. The van der Waals surface area contributed by atoms with Crippen LogP contribution in [0, 0.1) is 0 Å². The lowest BCUT2D eigenvalue weighted by Crippen LogP contribution is -2.21. The van der Waals surface area contributed by atoms with Gasteiger partial charge in [0.25, 0.3) is 0 Å². The van der Waals surface area contributed by atoms with Crippen LogP contribution in [0.25, 0.3) is 11.1 Å². The average molecular weight is 207 g/mol. The molecule has 1 aromatic heterocycles. The summed E-state index contributed by atoms with van der Waals surface area (Å²) in [6, 6.07) is 5.66. The predicted octanol–water partition coefficient (Wildman–Crippen LogP) is 0.137. The van der Waals surface area contributed by atoms with Crippen LogP contribution in [0.3, 0.4) is 0 Å². The summed E-state index contributed by atoms with van der Waals surface area (Å²) in [6.45, 7) is 1.10. The van der Waals surface area contributed by atoms with Crippen molar-refractivity contribution in [2.24, 2.45) is 12.8 Å². The van der Waals surface area contributed by atoms with E-state index in [1.807, 2.05) is 18.2 Å². The van der Waals surface area contributed by atoms with Gasteiger partial charge in [-0.25, -0.2) is 4.79 Å². The summed E-state index contributed by atoms with van der Waals surface area (Å²) < 4.78 is 6.55. The number of fused-ring (bicyclic) bond motifs is 1. The molecule has 0 spiro atoms. The Morgan fingerprint density at radius 2 is 2.33 bits per heavy atom. The van der Waals surface area contributed by atoms with Gasteiger partial charge in [-0.1, -0.05) is 6.07 Å². The molecule has 0 radical (unpaired) electrons. The second-order valence-corrected chi connectivity index (χ2v) is 3.36. The van der Waals surface area contributed by atoms with E-state index in [1.54, 1.807) is 7.05 Å². The van der Waals surface area contributed by atoms with Crippen LogP contribution in [0.4, 0.5) is 0 Å². The second kappa shape index (κ2) is 3.88. The summed E-state index contributed by atoms with van der Waals surface area (Å²) >= 11 is 0. The molecule has 0 bridgehead atoms. The number of hydrogen-bond acceptors (Lipinski definition) is 4. The average Bonchev–Trinajstić information content (AvgIpc) is 2.52. The Morgan fingerprint density at radius 3 is 3.07 bits per heavy atom. The highest BCUT2D eigenvalue weighted by molar-refractivity contribution is 5.73. The first-order valence-electron chi connectivity index (χ1n) is 4.71. The number of aryl methyl sites for hydroxylation is 1. The molecule has 0 atom stereocenters. The molecule has 0 aliphatic heterocycles. The van der Waals surface area contributed by atoms with Crippen molar-refractivity contribution in [2.45, 2.75) is 6.54 Å². The van der Waals surface area contributed by atoms with Gasteiger partial charge >= 0.3 is 5.76 Å². The topological polar surface area (TPSA) is 73.2 Å². The normalized spacial score (nSPS) is 11.1. The largest absolute Gasteiger partial charge is 0.419 e. The second-order valence-electron chi connectivity index (χ2n) is 3.36. The van der Waals surface area contributed by atoms with Crippen molar-refractivity contribution in [2.75, 3.05) is 6.67 Å². The quantitative estimate of drug-likeness (QED) is 0.702. The molecule has 0 saturated carbocycles. The lowest BCUT2D eigenvalue weighted by atomic mass is 10.2. The smallest absolute Gasteiger partial charge is 0.408 e. The molecule has 0 unspecified atom stereocenters. The van der Waals surface area contributed by atoms with Crippen LogP contribution < -0.4 is 16.8 Å². The minimum absolute atomic E-state index is 0.339. The highest BCUT2D eigenvalue weighted by Gasteiger charge is 2.05. The van der Waals surface area contributed by atoms with Crippen molar-refractivity contribution >= 4 is 11.1 Å². The Bertz CT molecular complexity index is 527. The van der Waals surface area contributed by atoms with Gasteiger partial charge in [0, 0.05) is 20.3 Å². The van der Waals surface area contributed by atoms with Crippen molar-refractivity contribution in [1.82, 2.24) is 9.88 Å².